The van der Waals surface area contributed by atoms with E-state index in [1.165, 1.54) is 6.20 Å². The van der Waals surface area contributed by atoms with E-state index in [4.69, 9.17) is 4.74 Å². The summed E-state index contributed by atoms with van der Waals surface area (Å²) in [4.78, 5) is 10.7. The third kappa shape index (κ3) is 4.20. The zero-order chi connectivity index (χ0) is 22.5. The van der Waals surface area contributed by atoms with Gasteiger partial charge in [-0.05, 0) is 31.1 Å². The zero-order valence-electron chi connectivity index (χ0n) is 16.9. The van der Waals surface area contributed by atoms with Gasteiger partial charge in [0, 0.05) is 31.3 Å². The molecule has 32 heavy (non-hydrogen) atoms. The van der Waals surface area contributed by atoms with E-state index in [1.54, 1.807) is 6.20 Å². The molecule has 1 aliphatic carbocycles. The van der Waals surface area contributed by atoms with Crippen molar-refractivity contribution in [3.63, 3.8) is 0 Å². The van der Waals surface area contributed by atoms with Crippen LogP contribution in [-0.2, 0) is 6.54 Å². The summed E-state index contributed by atoms with van der Waals surface area (Å²) in [6.45, 7) is 0.159. The predicted octanol–water partition coefficient (Wildman–Crippen LogP) is 4.49. The third-order valence-corrected chi connectivity index (χ3v) is 6.11. The van der Waals surface area contributed by atoms with E-state index in [0.29, 0.717) is 17.9 Å². The van der Waals surface area contributed by atoms with Crippen LogP contribution in [0.5, 0.6) is 5.75 Å². The van der Waals surface area contributed by atoms with Gasteiger partial charge in [0.1, 0.15) is 35.3 Å². The van der Waals surface area contributed by atoms with Gasteiger partial charge in [0.25, 0.3) is 0 Å². The summed E-state index contributed by atoms with van der Waals surface area (Å²) < 4.78 is 71.8. The number of aromatic nitrogens is 4. The number of hydrogen-bond donors (Lipinski definition) is 0. The molecule has 2 aromatic heterocycles. The Balaban J connectivity index is 1.28. The molecule has 3 aromatic rings. The average Bonchev–Trinajstić information content (AvgIpc) is 3.07. The Kier molecular flexibility index (Phi) is 4.94. The number of alkyl halides is 3. The van der Waals surface area contributed by atoms with Crippen molar-refractivity contribution in [1.29, 1.82) is 0 Å². The normalized spacial score (nSPS) is 23.5. The lowest BCUT2D eigenvalue weighted by Crippen LogP contribution is -2.54. The van der Waals surface area contributed by atoms with E-state index in [9.17, 15) is 22.0 Å². The van der Waals surface area contributed by atoms with Crippen molar-refractivity contribution in [3.8, 4) is 5.75 Å². The fourth-order valence-corrected chi connectivity index (χ4v) is 4.79. The van der Waals surface area contributed by atoms with E-state index in [0.717, 1.165) is 55.1 Å². The lowest BCUT2D eigenvalue weighted by molar-refractivity contribution is -0.141. The first-order valence-electron chi connectivity index (χ1n) is 10.3. The Morgan fingerprint density at radius 1 is 1.09 bits per heavy atom. The van der Waals surface area contributed by atoms with Crippen LogP contribution < -0.4 is 9.64 Å². The van der Waals surface area contributed by atoms with Crippen LogP contribution >= 0.6 is 0 Å². The van der Waals surface area contributed by atoms with Gasteiger partial charge >= 0.3 is 6.18 Å². The zero-order valence-corrected chi connectivity index (χ0v) is 16.9. The maximum atomic E-state index is 13.4. The van der Waals surface area contributed by atoms with Gasteiger partial charge in [0.2, 0.25) is 0 Å². The minimum Gasteiger partial charge on any atom is -0.490 e. The number of fused-ring (bicyclic) bond motifs is 1. The molecule has 170 valence electrons. The summed E-state index contributed by atoms with van der Waals surface area (Å²) in [7, 11) is 0. The Morgan fingerprint density at radius 2 is 1.84 bits per heavy atom. The van der Waals surface area contributed by atoms with E-state index in [2.05, 4.69) is 15.1 Å². The molecule has 0 N–H and O–H groups in total. The number of nitrogens with zero attached hydrogens (tertiary/aromatic N) is 5. The van der Waals surface area contributed by atoms with Crippen LogP contribution in [0.3, 0.4) is 0 Å². The summed E-state index contributed by atoms with van der Waals surface area (Å²) in [6, 6.07) is 3.12. The first-order chi connectivity index (χ1) is 15.2. The summed E-state index contributed by atoms with van der Waals surface area (Å²) >= 11 is 0. The van der Waals surface area contributed by atoms with Crippen molar-refractivity contribution in [2.75, 3.05) is 18.0 Å². The van der Waals surface area contributed by atoms with Crippen LogP contribution in [0, 0.1) is 17.0 Å². The van der Waals surface area contributed by atoms with E-state index >= 15 is 0 Å². The summed E-state index contributed by atoms with van der Waals surface area (Å²) in [5, 5.41) is 3.77. The van der Waals surface area contributed by atoms with Crippen LogP contribution in [0.25, 0.3) is 11.2 Å². The highest BCUT2D eigenvalue weighted by atomic mass is 19.4. The van der Waals surface area contributed by atoms with E-state index in [-0.39, 0.29) is 22.9 Å². The predicted molar refractivity (Wildman–Crippen MR) is 105 cm³/mol. The lowest BCUT2D eigenvalue weighted by Gasteiger charge is -2.52. The topological polar surface area (TPSA) is 56.1 Å². The van der Waals surface area contributed by atoms with Crippen molar-refractivity contribution in [3.05, 3.63) is 42.2 Å². The minimum absolute atomic E-state index is 0.0301. The molecule has 1 aromatic carbocycles. The second-order valence-corrected chi connectivity index (χ2v) is 8.63. The molecular weight excluding hydrogens is 433 g/mol. The molecule has 6 nitrogen and oxygen atoms in total. The van der Waals surface area contributed by atoms with Crippen LogP contribution in [0.2, 0.25) is 0 Å². The molecule has 1 saturated heterocycles. The molecule has 1 saturated carbocycles. The Bertz CT molecular complexity index is 1120. The molecule has 0 unspecified atom stereocenters. The standard InChI is InChI=1S/C21H20F5N5O/c22-13-4-14(23)6-15(5-13)32-16-7-20(8-16)2-1-3-30(11-20)18-10-27-17-9-28-31(19(17)29-18)12-21(24,25)26/h4-6,9-10,16H,1-3,7-8,11-12H2. The Morgan fingerprint density at radius 3 is 2.56 bits per heavy atom. The molecule has 0 amide bonds. The van der Waals surface area contributed by atoms with E-state index in [1.807, 2.05) is 4.90 Å². The molecule has 0 atom stereocenters. The van der Waals surface area contributed by atoms with Crippen LogP contribution in [0.4, 0.5) is 27.8 Å². The molecular formula is C21H20F5N5O. The quantitative estimate of drug-likeness (QED) is 0.545. The fraction of sp³-hybridized carbons (Fsp3) is 0.476. The molecule has 2 aliphatic rings. The smallest absolute Gasteiger partial charge is 0.408 e. The molecule has 0 radical (unpaired) electrons. The summed E-state index contributed by atoms with van der Waals surface area (Å²) in [5.41, 5.74) is 0.379. The number of benzene rings is 1. The average molecular weight is 453 g/mol. The number of rotatable bonds is 4. The monoisotopic (exact) mass is 453 g/mol. The molecule has 1 aliphatic heterocycles. The number of ether oxygens (including phenoxy) is 1. The van der Waals surface area contributed by atoms with Gasteiger partial charge in [-0.3, -0.25) is 0 Å². The second-order valence-electron chi connectivity index (χ2n) is 8.63. The summed E-state index contributed by atoms with van der Waals surface area (Å²) in [6.07, 6.45) is 1.61. The van der Waals surface area contributed by atoms with Crippen LogP contribution in [-0.4, -0.2) is 45.1 Å². The molecule has 2 fully saturated rings. The Labute approximate surface area is 180 Å². The number of halogens is 5. The van der Waals surface area contributed by atoms with Gasteiger partial charge in [-0.2, -0.15) is 18.3 Å². The minimum atomic E-state index is -4.41. The maximum absolute atomic E-state index is 13.4. The van der Waals surface area contributed by atoms with Crippen molar-refractivity contribution in [1.82, 2.24) is 19.7 Å². The molecule has 0 bridgehead atoms. The second kappa shape index (κ2) is 7.56. The first-order valence-corrected chi connectivity index (χ1v) is 10.3. The molecule has 11 heteroatoms. The van der Waals surface area contributed by atoms with E-state index < -0.39 is 24.4 Å². The Hall–Kier alpha value is -2.98. The first kappa shape index (κ1) is 20.9. The van der Waals surface area contributed by atoms with Gasteiger partial charge < -0.3 is 9.64 Å². The maximum Gasteiger partial charge on any atom is 0.408 e. The van der Waals surface area contributed by atoms with Gasteiger partial charge in [-0.25, -0.2) is 23.4 Å². The third-order valence-electron chi connectivity index (χ3n) is 6.11. The number of hydrogen-bond acceptors (Lipinski definition) is 5. The highest BCUT2D eigenvalue weighted by Crippen LogP contribution is 2.49. The van der Waals surface area contributed by atoms with Crippen molar-refractivity contribution in [2.45, 2.75) is 44.5 Å². The highest BCUT2D eigenvalue weighted by Gasteiger charge is 2.48. The van der Waals surface area contributed by atoms with Gasteiger partial charge in [0.05, 0.1) is 18.5 Å². The summed E-state index contributed by atoms with van der Waals surface area (Å²) in [5.74, 6) is -0.686. The lowest BCUT2D eigenvalue weighted by atomic mass is 9.62. The molecule has 5 rings (SSSR count). The fourth-order valence-electron chi connectivity index (χ4n) is 4.79. The van der Waals surface area contributed by atoms with Crippen molar-refractivity contribution < 1.29 is 26.7 Å². The number of piperidine rings is 1. The van der Waals surface area contributed by atoms with Crippen molar-refractivity contribution in [2.24, 2.45) is 5.41 Å². The van der Waals surface area contributed by atoms with Crippen molar-refractivity contribution >= 4 is 17.0 Å². The van der Waals surface area contributed by atoms with Crippen LogP contribution in [0.15, 0.2) is 30.6 Å². The van der Waals surface area contributed by atoms with Gasteiger partial charge in [-0.15, -0.1) is 0 Å². The SMILES string of the molecule is Fc1cc(F)cc(OC2CC3(CCCN(c4cnc5cnn(CC(F)(F)F)c5n4)C3)C2)c1. The van der Waals surface area contributed by atoms with Gasteiger partial charge in [-0.1, -0.05) is 0 Å². The number of anilines is 1. The molecule has 1 spiro atoms. The molecule has 3 heterocycles. The van der Waals surface area contributed by atoms with Gasteiger partial charge in [0.15, 0.2) is 5.65 Å². The van der Waals surface area contributed by atoms with Crippen LogP contribution in [0.1, 0.15) is 25.7 Å². The highest BCUT2D eigenvalue weighted by molar-refractivity contribution is 5.71. The largest absolute Gasteiger partial charge is 0.490 e.